The third-order valence-electron chi connectivity index (χ3n) is 4.47. The first-order valence-corrected chi connectivity index (χ1v) is 11.3. The van der Waals surface area contributed by atoms with Crippen molar-refractivity contribution in [3.8, 4) is 16.6 Å². The van der Waals surface area contributed by atoms with Crippen LogP contribution in [0.15, 0.2) is 47.2 Å². The summed E-state index contributed by atoms with van der Waals surface area (Å²) in [6.45, 7) is 3.37. The molecule has 1 atom stereocenters. The molecule has 0 aliphatic carbocycles. The average Bonchev–Trinajstić information content (AvgIpc) is 3.18. The van der Waals surface area contributed by atoms with E-state index in [2.05, 4.69) is 49.4 Å². The molecule has 156 valence electrons. The normalized spacial score (nSPS) is 11.8. The summed E-state index contributed by atoms with van der Waals surface area (Å²) in [4.78, 5) is 10.4. The predicted octanol–water partition coefficient (Wildman–Crippen LogP) is 4.76. The molecular weight excluding hydrogens is 464 g/mol. The smallest absolute Gasteiger partial charge is 0.129 e. The van der Waals surface area contributed by atoms with Crippen molar-refractivity contribution < 1.29 is 9.84 Å². The highest BCUT2D eigenvalue weighted by molar-refractivity contribution is 9.10. The molecule has 0 aliphatic rings. The minimum absolute atomic E-state index is 0.206. The summed E-state index contributed by atoms with van der Waals surface area (Å²) >= 11 is 4.92. The van der Waals surface area contributed by atoms with E-state index in [1.165, 1.54) is 23.2 Å². The van der Waals surface area contributed by atoms with E-state index in [1.54, 1.807) is 0 Å². The van der Waals surface area contributed by atoms with Gasteiger partial charge in [0.15, 0.2) is 0 Å². The van der Waals surface area contributed by atoms with E-state index in [9.17, 15) is 5.11 Å². The number of aliphatic hydroxyl groups is 1. The summed E-state index contributed by atoms with van der Waals surface area (Å²) in [6, 6.07) is 14.2. The van der Waals surface area contributed by atoms with Crippen molar-refractivity contribution in [1.29, 1.82) is 5.26 Å². The predicted molar refractivity (Wildman–Crippen MR) is 122 cm³/mol. The van der Waals surface area contributed by atoms with Gasteiger partial charge in [0.05, 0.1) is 29.7 Å². The molecule has 2 heterocycles. The Balaban J connectivity index is 1.71. The first kappa shape index (κ1) is 22.4. The van der Waals surface area contributed by atoms with Crippen LogP contribution in [0.1, 0.15) is 29.0 Å². The highest BCUT2D eigenvalue weighted by Gasteiger charge is 2.18. The largest absolute Gasteiger partial charge is 0.386 e. The van der Waals surface area contributed by atoms with Gasteiger partial charge in [-0.15, -0.1) is 11.3 Å². The van der Waals surface area contributed by atoms with Gasteiger partial charge in [0.1, 0.15) is 18.2 Å². The van der Waals surface area contributed by atoms with Crippen LogP contribution in [0.3, 0.4) is 0 Å². The van der Waals surface area contributed by atoms with E-state index in [4.69, 9.17) is 10.00 Å². The van der Waals surface area contributed by atoms with Gasteiger partial charge in [-0.2, -0.15) is 5.26 Å². The lowest BCUT2D eigenvalue weighted by Gasteiger charge is -2.10. The molecule has 0 spiro atoms. The standard InChI is InChI=1S/C22H23BrN4O2S/c1-2-29-13-19(28)17-11-21(30-20(17)7-9-24)18-12-22(27-14-26-18)25-10-8-15-3-5-16(23)6-4-15/h3-6,11-12,14,19,28H,2,7-8,10,13H2,1H3,(H,25,26,27). The zero-order valence-corrected chi connectivity index (χ0v) is 19.0. The van der Waals surface area contributed by atoms with Gasteiger partial charge in [-0.3, -0.25) is 0 Å². The molecule has 0 fully saturated rings. The van der Waals surface area contributed by atoms with E-state index in [1.807, 2.05) is 31.2 Å². The zero-order chi connectivity index (χ0) is 21.3. The number of thiophene rings is 1. The highest BCUT2D eigenvalue weighted by atomic mass is 79.9. The van der Waals surface area contributed by atoms with Gasteiger partial charge in [-0.05, 0) is 42.7 Å². The molecule has 8 heteroatoms. The van der Waals surface area contributed by atoms with E-state index >= 15 is 0 Å². The fourth-order valence-corrected chi connectivity index (χ4v) is 4.34. The first-order valence-electron chi connectivity index (χ1n) is 9.66. The Morgan fingerprint density at radius 3 is 2.80 bits per heavy atom. The number of aromatic nitrogens is 2. The van der Waals surface area contributed by atoms with E-state index < -0.39 is 6.10 Å². The molecule has 1 unspecified atom stereocenters. The number of rotatable bonds is 10. The number of hydrogen-bond donors (Lipinski definition) is 2. The molecule has 1 aromatic carbocycles. The fourth-order valence-electron chi connectivity index (χ4n) is 2.96. The van der Waals surface area contributed by atoms with Crippen molar-refractivity contribution >= 4 is 33.1 Å². The molecule has 3 rings (SSSR count). The maximum atomic E-state index is 10.4. The lowest BCUT2D eigenvalue weighted by molar-refractivity contribution is 0.0419. The number of nitrogens with one attached hydrogen (secondary N) is 1. The Kier molecular flexibility index (Phi) is 8.34. The van der Waals surface area contributed by atoms with Crippen LogP contribution < -0.4 is 5.32 Å². The molecule has 0 radical (unpaired) electrons. The maximum absolute atomic E-state index is 10.4. The molecule has 0 saturated carbocycles. The minimum atomic E-state index is -0.761. The number of nitriles is 1. The first-order chi connectivity index (χ1) is 14.6. The number of halogens is 1. The van der Waals surface area contributed by atoms with Gasteiger partial charge < -0.3 is 15.2 Å². The van der Waals surface area contributed by atoms with E-state index in [0.29, 0.717) is 6.61 Å². The lowest BCUT2D eigenvalue weighted by atomic mass is 10.1. The van der Waals surface area contributed by atoms with Crippen molar-refractivity contribution in [2.75, 3.05) is 25.1 Å². The van der Waals surface area contributed by atoms with Crippen LogP contribution in [0.25, 0.3) is 10.6 Å². The number of hydrogen-bond acceptors (Lipinski definition) is 7. The number of nitrogens with zero attached hydrogens (tertiary/aromatic N) is 3. The quantitative estimate of drug-likeness (QED) is 0.429. The Bertz CT molecular complexity index is 1000. The molecule has 6 nitrogen and oxygen atoms in total. The highest BCUT2D eigenvalue weighted by Crippen LogP contribution is 2.34. The maximum Gasteiger partial charge on any atom is 0.129 e. The van der Waals surface area contributed by atoms with Gasteiger partial charge in [0.25, 0.3) is 0 Å². The Morgan fingerprint density at radius 1 is 1.27 bits per heavy atom. The fraction of sp³-hybridized carbons (Fsp3) is 0.318. The molecule has 30 heavy (non-hydrogen) atoms. The molecule has 0 saturated heterocycles. The van der Waals surface area contributed by atoms with Crippen LogP contribution in [0.4, 0.5) is 5.82 Å². The van der Waals surface area contributed by atoms with Gasteiger partial charge in [-0.1, -0.05) is 28.1 Å². The van der Waals surface area contributed by atoms with E-state index in [-0.39, 0.29) is 13.0 Å². The van der Waals surface area contributed by atoms with Crippen LogP contribution in [0, 0.1) is 11.3 Å². The van der Waals surface area contributed by atoms with Crippen molar-refractivity contribution in [2.45, 2.75) is 25.9 Å². The lowest BCUT2D eigenvalue weighted by Crippen LogP contribution is -2.07. The Morgan fingerprint density at radius 2 is 2.07 bits per heavy atom. The van der Waals surface area contributed by atoms with Crippen LogP contribution >= 0.6 is 27.3 Å². The van der Waals surface area contributed by atoms with Crippen LogP contribution in [0.2, 0.25) is 0 Å². The number of benzene rings is 1. The second-order valence-corrected chi connectivity index (χ2v) is 8.64. The Labute approximate surface area is 188 Å². The molecule has 0 bridgehead atoms. The zero-order valence-electron chi connectivity index (χ0n) is 16.6. The Hall–Kier alpha value is -2.31. The van der Waals surface area contributed by atoms with Crippen LogP contribution in [0.5, 0.6) is 0 Å². The van der Waals surface area contributed by atoms with Gasteiger partial charge in [-0.25, -0.2) is 9.97 Å². The molecule has 2 N–H and O–H groups in total. The van der Waals surface area contributed by atoms with Gasteiger partial charge in [0, 0.05) is 28.6 Å². The molecular formula is C22H23BrN4O2S. The second kappa shape index (κ2) is 11.2. The van der Waals surface area contributed by atoms with Crippen LogP contribution in [-0.4, -0.2) is 34.8 Å². The SMILES string of the molecule is CCOCC(O)c1cc(-c2cc(NCCc3ccc(Br)cc3)ncn2)sc1CC#N. The van der Waals surface area contributed by atoms with Gasteiger partial charge >= 0.3 is 0 Å². The molecule has 2 aromatic heterocycles. The topological polar surface area (TPSA) is 91.1 Å². The van der Waals surface area contributed by atoms with Crippen molar-refractivity contribution in [2.24, 2.45) is 0 Å². The van der Waals surface area contributed by atoms with Crippen molar-refractivity contribution in [1.82, 2.24) is 9.97 Å². The molecule has 0 amide bonds. The summed E-state index contributed by atoms with van der Waals surface area (Å²) in [6.07, 6.45) is 1.89. The summed E-state index contributed by atoms with van der Waals surface area (Å²) < 4.78 is 6.40. The second-order valence-electron chi connectivity index (χ2n) is 6.59. The summed E-state index contributed by atoms with van der Waals surface area (Å²) in [7, 11) is 0. The number of ether oxygens (including phenoxy) is 1. The van der Waals surface area contributed by atoms with E-state index in [0.717, 1.165) is 44.3 Å². The van der Waals surface area contributed by atoms with Crippen molar-refractivity contribution in [3.05, 3.63) is 63.2 Å². The number of anilines is 1. The molecule has 3 aromatic rings. The summed E-state index contributed by atoms with van der Waals surface area (Å²) in [5.41, 5.74) is 2.73. The summed E-state index contributed by atoms with van der Waals surface area (Å²) in [5.74, 6) is 0.740. The number of aliphatic hydroxyl groups excluding tert-OH is 1. The monoisotopic (exact) mass is 486 g/mol. The van der Waals surface area contributed by atoms with Crippen molar-refractivity contribution in [3.63, 3.8) is 0 Å². The van der Waals surface area contributed by atoms with Gasteiger partial charge in [0.2, 0.25) is 0 Å². The molecule has 0 aliphatic heterocycles. The van der Waals surface area contributed by atoms with Crippen LogP contribution in [-0.2, 0) is 17.6 Å². The minimum Gasteiger partial charge on any atom is -0.386 e. The summed E-state index contributed by atoms with van der Waals surface area (Å²) in [5, 5.41) is 22.9. The third-order valence-corrected chi connectivity index (χ3v) is 6.17. The average molecular weight is 487 g/mol. The third kappa shape index (κ3) is 6.09.